The van der Waals surface area contributed by atoms with Crippen LogP contribution in [0.25, 0.3) is 10.2 Å². The van der Waals surface area contributed by atoms with Crippen molar-refractivity contribution >= 4 is 44.6 Å². The van der Waals surface area contributed by atoms with Crippen LogP contribution in [-0.4, -0.2) is 33.9 Å². The highest BCUT2D eigenvalue weighted by atomic mass is 32.1. The number of aromatic nitrogens is 2. The Hall–Kier alpha value is -1.99. The average Bonchev–Trinajstić information content (AvgIpc) is 3.29. The summed E-state index contributed by atoms with van der Waals surface area (Å²) >= 11 is 3.58. The highest BCUT2D eigenvalue weighted by Gasteiger charge is 2.23. The van der Waals surface area contributed by atoms with E-state index in [1.165, 1.54) is 33.7 Å². The molecule has 7 heteroatoms. The zero-order valence-corrected chi connectivity index (χ0v) is 16.1. The maximum absolute atomic E-state index is 12.7. The molecular weight excluding hydrogens is 364 g/mol. The van der Waals surface area contributed by atoms with E-state index in [9.17, 15) is 4.79 Å². The number of rotatable bonds is 3. The number of amides is 1. The number of fused-ring (bicyclic) bond motifs is 4. The normalized spacial score (nSPS) is 16.4. The zero-order valence-electron chi connectivity index (χ0n) is 14.5. The Morgan fingerprint density at radius 1 is 1.19 bits per heavy atom. The molecule has 5 rings (SSSR count). The summed E-state index contributed by atoms with van der Waals surface area (Å²) < 4.78 is 0. The number of hydrogen-bond donors (Lipinski definition) is 1. The van der Waals surface area contributed by atoms with Crippen LogP contribution < -0.4 is 5.32 Å². The monoisotopic (exact) mass is 384 g/mol. The fourth-order valence-corrected chi connectivity index (χ4v) is 6.08. The predicted octanol–water partition coefficient (Wildman–Crippen LogP) is 3.63. The van der Waals surface area contributed by atoms with E-state index in [4.69, 9.17) is 0 Å². The molecule has 5 nitrogen and oxygen atoms in total. The van der Waals surface area contributed by atoms with Crippen LogP contribution in [0.4, 0.5) is 5.82 Å². The van der Waals surface area contributed by atoms with Gasteiger partial charge in [-0.05, 0) is 54.7 Å². The van der Waals surface area contributed by atoms with Crippen molar-refractivity contribution < 1.29 is 4.79 Å². The molecule has 0 fully saturated rings. The molecule has 134 valence electrons. The fourth-order valence-electron chi connectivity index (χ4n) is 3.96. The highest BCUT2D eigenvalue weighted by Crippen LogP contribution is 2.38. The summed E-state index contributed by atoms with van der Waals surface area (Å²) in [5.74, 6) is 0.952. The maximum Gasteiger partial charge on any atom is 0.242 e. The van der Waals surface area contributed by atoms with Gasteiger partial charge in [-0.25, -0.2) is 9.97 Å². The number of nitrogens with zero attached hydrogens (tertiary/aromatic N) is 3. The van der Waals surface area contributed by atoms with Crippen molar-refractivity contribution in [2.45, 2.75) is 38.6 Å². The van der Waals surface area contributed by atoms with Crippen LogP contribution in [0.1, 0.15) is 33.7 Å². The van der Waals surface area contributed by atoms with E-state index in [1.807, 2.05) is 4.90 Å². The molecule has 0 aromatic carbocycles. The van der Waals surface area contributed by atoms with Gasteiger partial charge >= 0.3 is 0 Å². The Morgan fingerprint density at radius 3 is 3.08 bits per heavy atom. The highest BCUT2D eigenvalue weighted by molar-refractivity contribution is 7.19. The van der Waals surface area contributed by atoms with Crippen LogP contribution in [0.3, 0.4) is 0 Å². The van der Waals surface area contributed by atoms with Gasteiger partial charge in [0.2, 0.25) is 5.91 Å². The third-order valence-corrected chi connectivity index (χ3v) is 7.54. The number of nitrogens with one attached hydrogen (secondary N) is 1. The molecule has 0 atom stereocenters. The average molecular weight is 385 g/mol. The second kappa shape index (κ2) is 6.63. The minimum absolute atomic E-state index is 0.137. The molecule has 1 aliphatic carbocycles. The van der Waals surface area contributed by atoms with Crippen molar-refractivity contribution in [3.8, 4) is 0 Å². The lowest BCUT2D eigenvalue weighted by Crippen LogP contribution is -2.38. The summed E-state index contributed by atoms with van der Waals surface area (Å²) in [5, 5.41) is 6.56. The standard InChI is InChI=1S/C19H20N4OS2/c24-16(23-7-5-14-12(10-23)6-8-25-14)9-20-18-17-13-3-1-2-4-15(13)26-19(17)22-11-21-18/h6,8,11H,1-5,7,9-10H2,(H,20,21,22). The Kier molecular flexibility index (Phi) is 4.13. The van der Waals surface area contributed by atoms with E-state index in [1.54, 1.807) is 29.0 Å². The van der Waals surface area contributed by atoms with Crippen LogP contribution in [0.2, 0.25) is 0 Å². The van der Waals surface area contributed by atoms with E-state index in [2.05, 4.69) is 26.7 Å². The zero-order chi connectivity index (χ0) is 17.5. The Bertz CT molecular complexity index is 977. The molecule has 0 saturated carbocycles. The minimum Gasteiger partial charge on any atom is -0.360 e. The molecule has 0 saturated heterocycles. The first-order chi connectivity index (χ1) is 12.8. The topological polar surface area (TPSA) is 58.1 Å². The minimum atomic E-state index is 0.137. The van der Waals surface area contributed by atoms with Crippen molar-refractivity contribution in [3.05, 3.63) is 38.7 Å². The molecule has 3 aromatic rings. The van der Waals surface area contributed by atoms with Crippen molar-refractivity contribution in [3.63, 3.8) is 0 Å². The summed E-state index contributed by atoms with van der Waals surface area (Å²) in [5.41, 5.74) is 2.69. The Morgan fingerprint density at radius 2 is 2.12 bits per heavy atom. The lowest BCUT2D eigenvalue weighted by molar-refractivity contribution is -0.130. The molecule has 0 radical (unpaired) electrons. The molecule has 1 amide bonds. The van der Waals surface area contributed by atoms with Gasteiger partial charge in [0.05, 0.1) is 11.9 Å². The van der Waals surface area contributed by atoms with E-state index in [0.29, 0.717) is 0 Å². The van der Waals surface area contributed by atoms with E-state index in [-0.39, 0.29) is 12.5 Å². The van der Waals surface area contributed by atoms with Crippen molar-refractivity contribution in [2.75, 3.05) is 18.4 Å². The first kappa shape index (κ1) is 16.2. The predicted molar refractivity (Wildman–Crippen MR) is 106 cm³/mol. The Labute approximate surface area is 160 Å². The molecule has 0 bridgehead atoms. The van der Waals surface area contributed by atoms with E-state index >= 15 is 0 Å². The quantitative estimate of drug-likeness (QED) is 0.749. The van der Waals surface area contributed by atoms with Gasteiger partial charge in [0.25, 0.3) is 0 Å². The summed E-state index contributed by atoms with van der Waals surface area (Å²) in [6.45, 7) is 1.82. The van der Waals surface area contributed by atoms with Gasteiger partial charge in [-0.15, -0.1) is 22.7 Å². The first-order valence-corrected chi connectivity index (χ1v) is 10.8. The second-order valence-corrected chi connectivity index (χ2v) is 8.99. The van der Waals surface area contributed by atoms with Gasteiger partial charge in [0.15, 0.2) is 0 Å². The third kappa shape index (κ3) is 2.79. The smallest absolute Gasteiger partial charge is 0.242 e. The SMILES string of the molecule is O=C(CNc1ncnc2sc3c(c12)CCCC3)N1CCc2sccc2C1. The largest absolute Gasteiger partial charge is 0.360 e. The van der Waals surface area contributed by atoms with Gasteiger partial charge in [0, 0.05) is 22.8 Å². The number of hydrogen-bond acceptors (Lipinski definition) is 6. The summed E-state index contributed by atoms with van der Waals surface area (Å²) in [6, 6.07) is 2.14. The summed E-state index contributed by atoms with van der Waals surface area (Å²) in [6.07, 6.45) is 7.30. The number of carbonyl (C=O) groups excluding carboxylic acids is 1. The number of carbonyl (C=O) groups is 1. The van der Waals surface area contributed by atoms with E-state index < -0.39 is 0 Å². The summed E-state index contributed by atoms with van der Waals surface area (Å²) in [7, 11) is 0. The molecule has 0 spiro atoms. The van der Waals surface area contributed by atoms with E-state index in [0.717, 1.165) is 48.4 Å². The van der Waals surface area contributed by atoms with Gasteiger partial charge in [-0.1, -0.05) is 0 Å². The number of anilines is 1. The molecule has 1 aliphatic heterocycles. The van der Waals surface area contributed by atoms with Crippen LogP contribution in [0.15, 0.2) is 17.8 Å². The molecule has 4 heterocycles. The summed E-state index contributed by atoms with van der Waals surface area (Å²) in [4.78, 5) is 27.5. The van der Waals surface area contributed by atoms with Crippen molar-refractivity contribution in [2.24, 2.45) is 0 Å². The van der Waals surface area contributed by atoms with Crippen LogP contribution in [0.5, 0.6) is 0 Å². The third-order valence-electron chi connectivity index (χ3n) is 5.32. The molecule has 2 aliphatic rings. The van der Waals surface area contributed by atoms with Gasteiger partial charge < -0.3 is 10.2 Å². The number of thiophene rings is 2. The first-order valence-electron chi connectivity index (χ1n) is 9.12. The molecular formula is C19H20N4OS2. The van der Waals surface area contributed by atoms with Gasteiger partial charge in [-0.2, -0.15) is 0 Å². The maximum atomic E-state index is 12.7. The van der Waals surface area contributed by atoms with Gasteiger partial charge in [0.1, 0.15) is 17.0 Å². The fraction of sp³-hybridized carbons (Fsp3) is 0.421. The second-order valence-electron chi connectivity index (χ2n) is 6.90. The van der Waals surface area contributed by atoms with Crippen LogP contribution in [-0.2, 0) is 30.6 Å². The molecule has 26 heavy (non-hydrogen) atoms. The molecule has 0 unspecified atom stereocenters. The van der Waals surface area contributed by atoms with Gasteiger partial charge in [-0.3, -0.25) is 4.79 Å². The Balaban J connectivity index is 1.34. The number of aryl methyl sites for hydroxylation is 2. The lowest BCUT2D eigenvalue weighted by atomic mass is 9.97. The molecule has 3 aromatic heterocycles. The lowest BCUT2D eigenvalue weighted by Gasteiger charge is -2.27. The van der Waals surface area contributed by atoms with Crippen molar-refractivity contribution in [1.29, 1.82) is 0 Å². The molecule has 1 N–H and O–H groups in total. The van der Waals surface area contributed by atoms with Crippen molar-refractivity contribution in [1.82, 2.24) is 14.9 Å². The van der Waals surface area contributed by atoms with Crippen LogP contribution >= 0.6 is 22.7 Å². The van der Waals surface area contributed by atoms with Crippen LogP contribution in [0, 0.1) is 0 Å².